The minimum atomic E-state index is -0.239. The van der Waals surface area contributed by atoms with E-state index in [9.17, 15) is 4.79 Å². The van der Waals surface area contributed by atoms with E-state index < -0.39 is 0 Å². The normalized spacial score (nSPS) is 14.2. The van der Waals surface area contributed by atoms with Gasteiger partial charge >= 0.3 is 0 Å². The molecule has 132 valence electrons. The molecule has 1 aliphatic heterocycles. The van der Waals surface area contributed by atoms with Crippen LogP contribution < -0.4 is 15.5 Å². The van der Waals surface area contributed by atoms with Crippen LogP contribution in [0.3, 0.4) is 0 Å². The first-order valence-corrected chi connectivity index (χ1v) is 8.47. The first kappa shape index (κ1) is 16.2. The lowest BCUT2D eigenvalue weighted by molar-refractivity contribution is 0.102. The number of imidazole rings is 1. The van der Waals surface area contributed by atoms with E-state index in [4.69, 9.17) is 0 Å². The van der Waals surface area contributed by atoms with Crippen molar-refractivity contribution in [1.29, 1.82) is 0 Å². The van der Waals surface area contributed by atoms with Crippen LogP contribution >= 0.6 is 0 Å². The first-order valence-electron chi connectivity index (χ1n) is 8.47. The Hall–Kier alpha value is -3.26. The van der Waals surface area contributed by atoms with Crippen LogP contribution in [-0.4, -0.2) is 51.6 Å². The lowest BCUT2D eigenvalue weighted by atomic mass is 10.2. The zero-order chi connectivity index (χ0) is 17.8. The summed E-state index contributed by atoms with van der Waals surface area (Å²) >= 11 is 0. The lowest BCUT2D eigenvalue weighted by Crippen LogP contribution is -2.43. The summed E-state index contributed by atoms with van der Waals surface area (Å²) in [5, 5.41) is 6.13. The van der Waals surface area contributed by atoms with Gasteiger partial charge in [-0.1, -0.05) is 0 Å². The van der Waals surface area contributed by atoms with Gasteiger partial charge in [-0.05, 0) is 24.3 Å². The zero-order valence-corrected chi connectivity index (χ0v) is 14.2. The van der Waals surface area contributed by atoms with Crippen LogP contribution in [0, 0.1) is 0 Å². The average molecular weight is 349 g/mol. The number of rotatable bonds is 4. The molecule has 4 heterocycles. The molecule has 0 radical (unpaired) electrons. The molecule has 2 N–H and O–H groups in total. The zero-order valence-electron chi connectivity index (χ0n) is 14.2. The third-order valence-electron chi connectivity index (χ3n) is 4.25. The van der Waals surface area contributed by atoms with Crippen molar-refractivity contribution in [2.24, 2.45) is 0 Å². The molecule has 1 saturated heterocycles. The van der Waals surface area contributed by atoms with Gasteiger partial charge in [-0.3, -0.25) is 9.36 Å². The predicted molar refractivity (Wildman–Crippen MR) is 98.6 cm³/mol. The number of piperazine rings is 1. The highest BCUT2D eigenvalue weighted by atomic mass is 16.1. The molecular weight excluding hydrogens is 330 g/mol. The molecule has 3 aromatic heterocycles. The van der Waals surface area contributed by atoms with Crippen molar-refractivity contribution >= 4 is 17.4 Å². The molecule has 8 nitrogen and oxygen atoms in total. The number of carbonyl (C=O) groups is 1. The maximum absolute atomic E-state index is 12.4. The molecule has 0 bridgehead atoms. The van der Waals surface area contributed by atoms with E-state index in [1.54, 1.807) is 47.8 Å². The predicted octanol–water partition coefficient (Wildman–Crippen LogP) is 1.32. The third kappa shape index (κ3) is 3.55. The maximum Gasteiger partial charge on any atom is 0.258 e. The summed E-state index contributed by atoms with van der Waals surface area (Å²) in [6.07, 6.45) is 8.47. The number of nitrogens with zero attached hydrogens (tertiary/aromatic N) is 5. The van der Waals surface area contributed by atoms with Gasteiger partial charge in [0.15, 0.2) is 0 Å². The number of pyridine rings is 2. The Morgan fingerprint density at radius 3 is 2.62 bits per heavy atom. The van der Waals surface area contributed by atoms with Crippen molar-refractivity contribution in [1.82, 2.24) is 24.8 Å². The summed E-state index contributed by atoms with van der Waals surface area (Å²) in [6, 6.07) is 7.31. The molecule has 3 aromatic rings. The number of nitrogens with one attached hydrogen (secondary N) is 2. The molecule has 0 saturated carbocycles. The van der Waals surface area contributed by atoms with Crippen molar-refractivity contribution in [2.45, 2.75) is 0 Å². The summed E-state index contributed by atoms with van der Waals surface area (Å²) in [5.74, 6) is 0.988. The van der Waals surface area contributed by atoms with Gasteiger partial charge in [-0.25, -0.2) is 15.0 Å². The van der Waals surface area contributed by atoms with Crippen LogP contribution in [0.1, 0.15) is 10.4 Å². The SMILES string of the molecule is O=C(Nc1ccc(N2CCNCC2)cn1)c1ccc(-n2ccnc2)nc1. The van der Waals surface area contributed by atoms with Gasteiger partial charge in [0, 0.05) is 44.8 Å². The molecule has 0 aliphatic carbocycles. The first-order chi connectivity index (χ1) is 12.8. The van der Waals surface area contributed by atoms with Gasteiger partial charge in [-0.15, -0.1) is 0 Å². The Kier molecular flexibility index (Phi) is 4.57. The summed E-state index contributed by atoms with van der Waals surface area (Å²) in [6.45, 7) is 3.87. The highest BCUT2D eigenvalue weighted by molar-refractivity contribution is 6.03. The topological polar surface area (TPSA) is 88.0 Å². The molecule has 1 amide bonds. The Morgan fingerprint density at radius 2 is 1.96 bits per heavy atom. The van der Waals surface area contributed by atoms with Gasteiger partial charge in [0.1, 0.15) is 18.0 Å². The van der Waals surface area contributed by atoms with Gasteiger partial charge < -0.3 is 15.5 Å². The van der Waals surface area contributed by atoms with E-state index in [1.165, 1.54) is 0 Å². The molecule has 1 fully saturated rings. The fourth-order valence-electron chi connectivity index (χ4n) is 2.83. The fourth-order valence-corrected chi connectivity index (χ4v) is 2.83. The molecule has 0 aromatic carbocycles. The van der Waals surface area contributed by atoms with Gasteiger partial charge in [0.05, 0.1) is 17.4 Å². The molecule has 4 rings (SSSR count). The molecular formula is C18H19N7O. The molecule has 0 spiro atoms. The van der Waals surface area contributed by atoms with E-state index in [0.717, 1.165) is 31.9 Å². The second-order valence-electron chi connectivity index (χ2n) is 5.97. The highest BCUT2D eigenvalue weighted by Gasteiger charge is 2.12. The maximum atomic E-state index is 12.4. The number of hydrogen-bond donors (Lipinski definition) is 2. The second-order valence-corrected chi connectivity index (χ2v) is 5.97. The van der Waals surface area contributed by atoms with Crippen LogP contribution in [-0.2, 0) is 0 Å². The van der Waals surface area contributed by atoms with E-state index in [1.807, 2.05) is 12.1 Å². The smallest absolute Gasteiger partial charge is 0.258 e. The van der Waals surface area contributed by atoms with E-state index in [-0.39, 0.29) is 5.91 Å². The van der Waals surface area contributed by atoms with Gasteiger partial charge in [-0.2, -0.15) is 0 Å². The van der Waals surface area contributed by atoms with Crippen molar-refractivity contribution in [2.75, 3.05) is 36.4 Å². The number of anilines is 2. The number of carbonyl (C=O) groups excluding carboxylic acids is 1. The average Bonchev–Trinajstić information content (AvgIpc) is 3.24. The minimum absolute atomic E-state index is 0.239. The van der Waals surface area contributed by atoms with Gasteiger partial charge in [0.25, 0.3) is 5.91 Å². The molecule has 0 atom stereocenters. The number of hydrogen-bond acceptors (Lipinski definition) is 6. The van der Waals surface area contributed by atoms with E-state index in [2.05, 4.69) is 30.5 Å². The Labute approximate surface area is 150 Å². The highest BCUT2D eigenvalue weighted by Crippen LogP contribution is 2.16. The van der Waals surface area contributed by atoms with Crippen LogP contribution in [0.5, 0.6) is 0 Å². The fraction of sp³-hybridized carbons (Fsp3) is 0.222. The Bertz CT molecular complexity index is 854. The number of amides is 1. The molecule has 26 heavy (non-hydrogen) atoms. The monoisotopic (exact) mass is 349 g/mol. The Balaban J connectivity index is 1.41. The van der Waals surface area contributed by atoms with Crippen LogP contribution in [0.4, 0.5) is 11.5 Å². The molecule has 8 heteroatoms. The molecule has 0 unspecified atom stereocenters. The van der Waals surface area contributed by atoms with Crippen LogP contribution in [0.25, 0.3) is 5.82 Å². The minimum Gasteiger partial charge on any atom is -0.368 e. The summed E-state index contributed by atoms with van der Waals surface area (Å²) in [4.78, 5) is 27.3. The standard InChI is InChI=1S/C18H19N7O/c26-18(14-1-4-17(22-11-14)25-10-7-20-13-25)23-16-3-2-15(12-21-16)24-8-5-19-6-9-24/h1-4,7,10-13,19H,5-6,8-9H2,(H,21,23,26). The largest absolute Gasteiger partial charge is 0.368 e. The quantitative estimate of drug-likeness (QED) is 0.739. The Morgan fingerprint density at radius 1 is 1.08 bits per heavy atom. The summed E-state index contributed by atoms with van der Waals surface area (Å²) < 4.78 is 1.78. The van der Waals surface area contributed by atoms with Crippen molar-refractivity contribution in [3.05, 3.63) is 60.9 Å². The van der Waals surface area contributed by atoms with Crippen molar-refractivity contribution < 1.29 is 4.79 Å². The summed E-state index contributed by atoms with van der Waals surface area (Å²) in [7, 11) is 0. The van der Waals surface area contributed by atoms with E-state index >= 15 is 0 Å². The van der Waals surface area contributed by atoms with E-state index in [0.29, 0.717) is 17.2 Å². The third-order valence-corrected chi connectivity index (χ3v) is 4.25. The summed E-state index contributed by atoms with van der Waals surface area (Å²) in [5.41, 5.74) is 1.54. The van der Waals surface area contributed by atoms with Crippen LogP contribution in [0.2, 0.25) is 0 Å². The van der Waals surface area contributed by atoms with Crippen molar-refractivity contribution in [3.63, 3.8) is 0 Å². The molecule has 1 aliphatic rings. The number of aromatic nitrogens is 4. The van der Waals surface area contributed by atoms with Crippen molar-refractivity contribution in [3.8, 4) is 5.82 Å². The second kappa shape index (κ2) is 7.32. The van der Waals surface area contributed by atoms with Gasteiger partial charge in [0.2, 0.25) is 0 Å². The van der Waals surface area contributed by atoms with Crippen LogP contribution in [0.15, 0.2) is 55.4 Å². The lowest BCUT2D eigenvalue weighted by Gasteiger charge is -2.29.